The van der Waals surface area contributed by atoms with Crippen LogP contribution >= 0.6 is 0 Å². The number of ether oxygens (including phenoxy) is 4. The van der Waals surface area contributed by atoms with Crippen molar-refractivity contribution in [1.29, 1.82) is 0 Å². The van der Waals surface area contributed by atoms with Crippen molar-refractivity contribution in [2.24, 2.45) is 5.92 Å². The lowest BCUT2D eigenvalue weighted by Gasteiger charge is -2.28. The normalized spacial score (nSPS) is 13.9. The fraction of sp³-hybridized carbons (Fsp3) is 0.364. The molecule has 1 aliphatic heterocycles. The number of aldehydes is 1. The third-order valence-corrected chi connectivity index (χ3v) is 6.66. The highest BCUT2D eigenvalue weighted by atomic mass is 19.3. The maximum Gasteiger partial charge on any atom is 0.321 e. The number of halogens is 2. The molecular formula is C33H37F2N3O6. The second kappa shape index (κ2) is 14.3. The minimum atomic E-state index is -3.54. The average Bonchev–Trinajstić information content (AvgIpc) is 3.42. The van der Waals surface area contributed by atoms with Crippen LogP contribution in [0.2, 0.25) is 0 Å². The molecule has 0 fully saturated rings. The van der Waals surface area contributed by atoms with Crippen LogP contribution in [0.1, 0.15) is 49.7 Å². The number of rotatable bonds is 10. The second-order valence-corrected chi connectivity index (χ2v) is 10.9. The molecule has 0 bridgehead atoms. The van der Waals surface area contributed by atoms with Crippen molar-refractivity contribution in [2.45, 2.75) is 45.8 Å². The Kier molecular flexibility index (Phi) is 10.5. The van der Waals surface area contributed by atoms with Crippen LogP contribution in [0.3, 0.4) is 0 Å². The topological polar surface area (TPSA) is 101 Å². The summed E-state index contributed by atoms with van der Waals surface area (Å²) in [6, 6.07) is 16.8. The molecule has 0 saturated heterocycles. The van der Waals surface area contributed by atoms with E-state index in [0.717, 1.165) is 29.5 Å². The summed E-state index contributed by atoms with van der Waals surface area (Å²) < 4.78 is 51.3. The summed E-state index contributed by atoms with van der Waals surface area (Å²) in [6.45, 7) is 8.09. The number of carbonyl (C=O) groups is 2. The second-order valence-electron chi connectivity index (χ2n) is 10.9. The van der Waals surface area contributed by atoms with Crippen molar-refractivity contribution in [1.82, 2.24) is 15.1 Å². The highest BCUT2D eigenvalue weighted by molar-refractivity contribution is 5.83. The van der Waals surface area contributed by atoms with Gasteiger partial charge in [-0.3, -0.25) is 9.59 Å². The first-order valence-electron chi connectivity index (χ1n) is 14.3. The molecule has 44 heavy (non-hydrogen) atoms. The first-order chi connectivity index (χ1) is 21.0. The van der Waals surface area contributed by atoms with Crippen LogP contribution in [0, 0.1) is 5.92 Å². The quantitative estimate of drug-likeness (QED) is 0.214. The van der Waals surface area contributed by atoms with Crippen LogP contribution in [-0.2, 0) is 9.53 Å². The zero-order valence-corrected chi connectivity index (χ0v) is 25.4. The Morgan fingerprint density at radius 1 is 1.07 bits per heavy atom. The number of benzene rings is 3. The van der Waals surface area contributed by atoms with Gasteiger partial charge in [-0.1, -0.05) is 32.0 Å². The van der Waals surface area contributed by atoms with E-state index in [1.54, 1.807) is 73.4 Å². The van der Waals surface area contributed by atoms with Gasteiger partial charge in [0.05, 0.1) is 23.4 Å². The number of hydrogen-bond donors (Lipinski definition) is 1. The molecule has 2 heterocycles. The summed E-state index contributed by atoms with van der Waals surface area (Å²) in [6.07, 6.45) is 1.61. The Hall–Kier alpha value is -4.51. The Bertz CT molecular complexity index is 1580. The molecule has 0 aliphatic carbocycles. The van der Waals surface area contributed by atoms with Crippen molar-refractivity contribution in [2.75, 3.05) is 26.9 Å². The van der Waals surface area contributed by atoms with Gasteiger partial charge in [0.2, 0.25) is 0 Å². The van der Waals surface area contributed by atoms with Crippen molar-refractivity contribution < 1.29 is 37.3 Å². The third-order valence-electron chi connectivity index (χ3n) is 6.66. The molecular weight excluding hydrogens is 572 g/mol. The van der Waals surface area contributed by atoms with E-state index in [0.29, 0.717) is 54.4 Å². The summed E-state index contributed by atoms with van der Waals surface area (Å²) in [5.41, 5.74) is 2.65. The number of amides is 1. The van der Waals surface area contributed by atoms with Gasteiger partial charge in [-0.05, 0) is 60.9 Å². The van der Waals surface area contributed by atoms with Gasteiger partial charge in [-0.15, -0.1) is 0 Å². The zero-order valence-electron chi connectivity index (χ0n) is 25.4. The molecule has 234 valence electrons. The van der Waals surface area contributed by atoms with Crippen LogP contribution in [-0.4, -0.2) is 60.9 Å². The summed E-state index contributed by atoms with van der Waals surface area (Å²) in [5, 5.41) is 7.57. The van der Waals surface area contributed by atoms with Crippen LogP contribution in [0.25, 0.3) is 16.6 Å². The zero-order chi connectivity index (χ0) is 31.9. The van der Waals surface area contributed by atoms with Crippen molar-refractivity contribution in [3.8, 4) is 22.9 Å². The van der Waals surface area contributed by atoms with Crippen LogP contribution < -0.4 is 19.5 Å². The van der Waals surface area contributed by atoms with E-state index in [2.05, 4.69) is 24.3 Å². The lowest BCUT2D eigenvalue weighted by atomic mass is 10.0. The van der Waals surface area contributed by atoms with Crippen molar-refractivity contribution in [3.63, 3.8) is 0 Å². The molecule has 9 nitrogen and oxygen atoms in total. The lowest BCUT2D eigenvalue weighted by Crippen LogP contribution is -2.46. The molecule has 1 unspecified atom stereocenters. The Balaban J connectivity index is 0.000000670. The molecule has 5 rings (SSSR count). The fourth-order valence-corrected chi connectivity index (χ4v) is 4.60. The van der Waals surface area contributed by atoms with Gasteiger partial charge in [0.1, 0.15) is 31.4 Å². The maximum absolute atomic E-state index is 13.6. The Labute approximate surface area is 255 Å². The Morgan fingerprint density at radius 3 is 2.48 bits per heavy atom. The highest BCUT2D eigenvalue weighted by Crippen LogP contribution is 2.36. The molecule has 1 amide bonds. The monoisotopic (exact) mass is 609 g/mol. The number of nitrogens with zero attached hydrogens (tertiary/aromatic N) is 2. The number of methoxy groups -OCH3 is 1. The number of fused-ring (bicyclic) bond motifs is 2. The standard InChI is InChI=1S/C28H25F2N3O5.C5H12O/c1-17(32-27(35)28(2,29)30)26(19-6-9-24-25(14-19)37-11-10-36-24)38-22-7-8-23-20(13-22)15-31-33(23)21-5-3-4-18(12-21)16-34;1-5(2)4-6-3/h3-9,12-17,26H,10-11H2,1-2H3,(H,32,35);5H,4H2,1-3H3/t17?,26-;/m0./s1. The number of hydrogen-bond acceptors (Lipinski definition) is 7. The van der Waals surface area contributed by atoms with Gasteiger partial charge < -0.3 is 24.3 Å². The van der Waals surface area contributed by atoms with E-state index >= 15 is 0 Å². The molecule has 0 saturated carbocycles. The number of nitrogens with one attached hydrogen (secondary N) is 1. The molecule has 1 aromatic heterocycles. The van der Waals surface area contributed by atoms with Gasteiger partial charge in [0.15, 0.2) is 11.5 Å². The van der Waals surface area contributed by atoms with E-state index < -0.39 is 24.0 Å². The first kappa shape index (κ1) is 32.4. The van der Waals surface area contributed by atoms with Crippen molar-refractivity contribution >= 4 is 23.1 Å². The molecule has 1 aliphatic rings. The maximum atomic E-state index is 13.6. The smallest absolute Gasteiger partial charge is 0.321 e. The summed E-state index contributed by atoms with van der Waals surface area (Å²) >= 11 is 0. The third kappa shape index (κ3) is 8.10. The molecule has 11 heteroatoms. The number of alkyl halides is 2. The number of carbonyl (C=O) groups excluding carboxylic acids is 2. The molecule has 1 N–H and O–H groups in total. The molecule has 4 aromatic rings. The van der Waals surface area contributed by atoms with Gasteiger partial charge in [-0.2, -0.15) is 13.9 Å². The summed E-state index contributed by atoms with van der Waals surface area (Å²) in [5.74, 6) is -2.73. The number of aromatic nitrogens is 2. The predicted molar refractivity (Wildman–Crippen MR) is 162 cm³/mol. The van der Waals surface area contributed by atoms with Crippen LogP contribution in [0.4, 0.5) is 8.78 Å². The SMILES string of the molecule is CC(NC(=O)C(C)(F)F)[C@H](Oc1ccc2c(cnn2-c2cccc(C=O)c2)c1)c1ccc2c(c1)OCCO2.COCC(C)C. The summed E-state index contributed by atoms with van der Waals surface area (Å²) in [4.78, 5) is 23.2. The molecule has 3 aromatic carbocycles. The van der Waals surface area contributed by atoms with Gasteiger partial charge >= 0.3 is 5.92 Å². The van der Waals surface area contributed by atoms with E-state index in [1.807, 2.05) is 12.1 Å². The molecule has 0 spiro atoms. The van der Waals surface area contributed by atoms with E-state index in [1.165, 1.54) is 0 Å². The minimum Gasteiger partial charge on any atom is -0.486 e. The van der Waals surface area contributed by atoms with Gasteiger partial charge in [0, 0.05) is 31.6 Å². The molecule has 2 atom stereocenters. The van der Waals surface area contributed by atoms with Gasteiger partial charge in [-0.25, -0.2) is 4.68 Å². The van der Waals surface area contributed by atoms with E-state index in [9.17, 15) is 18.4 Å². The van der Waals surface area contributed by atoms with Crippen molar-refractivity contribution in [3.05, 3.63) is 78.0 Å². The van der Waals surface area contributed by atoms with Gasteiger partial charge in [0.25, 0.3) is 5.91 Å². The predicted octanol–water partition coefficient (Wildman–Crippen LogP) is 6.18. The first-order valence-corrected chi connectivity index (χ1v) is 14.3. The average molecular weight is 610 g/mol. The Morgan fingerprint density at radius 2 is 1.82 bits per heavy atom. The van der Waals surface area contributed by atoms with Crippen LogP contribution in [0.15, 0.2) is 66.9 Å². The lowest BCUT2D eigenvalue weighted by molar-refractivity contribution is -0.144. The highest BCUT2D eigenvalue weighted by Gasteiger charge is 2.35. The van der Waals surface area contributed by atoms with E-state index in [-0.39, 0.29) is 0 Å². The van der Waals surface area contributed by atoms with E-state index in [4.69, 9.17) is 18.9 Å². The fourth-order valence-electron chi connectivity index (χ4n) is 4.60. The molecule has 0 radical (unpaired) electrons. The minimum absolute atomic E-state index is 0.382. The largest absolute Gasteiger partial charge is 0.486 e. The van der Waals surface area contributed by atoms with Crippen LogP contribution in [0.5, 0.6) is 17.2 Å². The summed E-state index contributed by atoms with van der Waals surface area (Å²) in [7, 11) is 1.72.